The largest absolute Gasteiger partial charge is 0.261 e. The number of hydrogen-bond donors (Lipinski definition) is 0. The number of aliphatic imine (C=N–C) groups is 1. The second-order valence-corrected chi connectivity index (χ2v) is 7.66. The Bertz CT molecular complexity index is 737. The van der Waals surface area contributed by atoms with Crippen molar-refractivity contribution in [3.8, 4) is 0 Å². The van der Waals surface area contributed by atoms with Gasteiger partial charge < -0.3 is 0 Å². The molecule has 1 aromatic rings. The number of alkyl halides is 1. The Kier molecular flexibility index (Phi) is 7.97. The molecule has 0 spiro atoms. The number of rotatable bonds is 7. The Morgan fingerprint density at radius 3 is 2.33 bits per heavy atom. The van der Waals surface area contributed by atoms with Crippen molar-refractivity contribution in [2.24, 2.45) is 10.9 Å². The first kappa shape index (κ1) is 21.1. The molecule has 2 heteroatoms. The van der Waals surface area contributed by atoms with Crippen LogP contribution in [0.1, 0.15) is 50.7 Å². The molecule has 0 bridgehead atoms. The summed E-state index contributed by atoms with van der Waals surface area (Å²) in [6.45, 7) is 14.5. The van der Waals surface area contributed by atoms with Gasteiger partial charge in [0.25, 0.3) is 0 Å². The van der Waals surface area contributed by atoms with Crippen LogP contribution in [-0.4, -0.2) is 12.4 Å². The van der Waals surface area contributed by atoms with Crippen LogP contribution in [0.3, 0.4) is 0 Å². The fourth-order valence-corrected chi connectivity index (χ4v) is 3.35. The highest BCUT2D eigenvalue weighted by molar-refractivity contribution is 5.64. The molecule has 1 aliphatic rings. The molecule has 1 fully saturated rings. The summed E-state index contributed by atoms with van der Waals surface area (Å²) in [5.41, 5.74) is 6.68. The predicted molar refractivity (Wildman–Crippen MR) is 116 cm³/mol. The molecular formula is C25H32FN. The maximum atomic E-state index is 13.4. The van der Waals surface area contributed by atoms with Gasteiger partial charge in [0.2, 0.25) is 0 Å². The van der Waals surface area contributed by atoms with Gasteiger partial charge in [0.15, 0.2) is 0 Å². The minimum Gasteiger partial charge on any atom is -0.261 e. The third-order valence-corrected chi connectivity index (χ3v) is 5.22. The van der Waals surface area contributed by atoms with E-state index in [0.29, 0.717) is 18.8 Å². The van der Waals surface area contributed by atoms with Crippen molar-refractivity contribution < 1.29 is 4.39 Å². The predicted octanol–water partition coefficient (Wildman–Crippen LogP) is 7.10. The number of allylic oxidation sites excluding steroid dienone is 5. The van der Waals surface area contributed by atoms with Gasteiger partial charge in [0.05, 0.1) is 5.70 Å². The average molecular weight is 366 g/mol. The third kappa shape index (κ3) is 6.46. The lowest BCUT2D eigenvalue weighted by Crippen LogP contribution is -2.17. The number of halogens is 1. The smallest absolute Gasteiger partial charge is 0.100 e. The molecule has 2 rings (SSSR count). The first-order valence-electron chi connectivity index (χ1n) is 9.83. The molecule has 0 heterocycles. The van der Waals surface area contributed by atoms with Gasteiger partial charge >= 0.3 is 0 Å². The molecule has 27 heavy (non-hydrogen) atoms. The van der Waals surface area contributed by atoms with Gasteiger partial charge in [-0.15, -0.1) is 0 Å². The van der Waals surface area contributed by atoms with E-state index in [0.717, 1.165) is 41.7 Å². The first-order valence-corrected chi connectivity index (χ1v) is 9.83. The van der Waals surface area contributed by atoms with Gasteiger partial charge in [-0.25, -0.2) is 4.39 Å². The first-order chi connectivity index (χ1) is 12.9. The van der Waals surface area contributed by atoms with Crippen molar-refractivity contribution >= 4 is 6.21 Å². The van der Waals surface area contributed by atoms with Crippen LogP contribution in [0.25, 0.3) is 0 Å². The maximum Gasteiger partial charge on any atom is 0.100 e. The number of aryl methyl sites for hydroxylation is 1. The van der Waals surface area contributed by atoms with E-state index in [2.05, 4.69) is 64.3 Å². The zero-order valence-electron chi connectivity index (χ0n) is 17.0. The van der Waals surface area contributed by atoms with E-state index in [1.54, 1.807) is 0 Å². The van der Waals surface area contributed by atoms with Crippen LogP contribution in [0.2, 0.25) is 0 Å². The molecule has 144 valence electrons. The van der Waals surface area contributed by atoms with Gasteiger partial charge in [0.1, 0.15) is 6.17 Å². The Hall–Kier alpha value is -2.22. The standard InChI is InChI=1S/C25H32FN/c1-6-22(20(5)23-11-13-24(26)14-12-23)17-25(18(2)3)27-16-15-21-9-7-19(4)8-10-21/h6-10,16-17,23-24H,1,5,11-15H2,2-4H3/b22-17+,27-16?. The Labute approximate surface area is 164 Å². The molecule has 1 aliphatic carbocycles. The van der Waals surface area contributed by atoms with Crippen molar-refractivity contribution in [3.05, 3.63) is 83.1 Å². The summed E-state index contributed by atoms with van der Waals surface area (Å²) in [5.74, 6) is 0.344. The van der Waals surface area contributed by atoms with Crippen LogP contribution in [0.4, 0.5) is 4.39 Å². The zero-order valence-corrected chi connectivity index (χ0v) is 17.0. The van der Waals surface area contributed by atoms with Crippen LogP contribution < -0.4 is 0 Å². The molecule has 0 aliphatic heterocycles. The Balaban J connectivity index is 2.10. The molecule has 0 amide bonds. The quantitative estimate of drug-likeness (QED) is 0.361. The van der Waals surface area contributed by atoms with E-state index >= 15 is 0 Å². The van der Waals surface area contributed by atoms with Crippen LogP contribution in [-0.2, 0) is 6.42 Å². The minimum atomic E-state index is -0.648. The molecule has 0 radical (unpaired) electrons. The van der Waals surface area contributed by atoms with Crippen molar-refractivity contribution in [2.45, 2.75) is 59.0 Å². The summed E-state index contributed by atoms with van der Waals surface area (Å²) in [6, 6.07) is 8.52. The monoisotopic (exact) mass is 365 g/mol. The molecular weight excluding hydrogens is 333 g/mol. The van der Waals surface area contributed by atoms with E-state index in [1.807, 2.05) is 12.3 Å². The molecule has 0 saturated heterocycles. The molecule has 1 saturated carbocycles. The lowest BCUT2D eigenvalue weighted by atomic mass is 9.80. The molecule has 1 aromatic carbocycles. The third-order valence-electron chi connectivity index (χ3n) is 5.22. The van der Waals surface area contributed by atoms with Gasteiger partial charge in [0, 0.05) is 12.6 Å². The summed E-state index contributed by atoms with van der Waals surface area (Å²) in [5, 5.41) is 0. The second kappa shape index (κ2) is 10.2. The fraction of sp³-hybridized carbons (Fsp3) is 0.400. The average Bonchev–Trinajstić information content (AvgIpc) is 2.66. The van der Waals surface area contributed by atoms with Crippen molar-refractivity contribution in [1.29, 1.82) is 0 Å². The lowest BCUT2D eigenvalue weighted by Gasteiger charge is -2.26. The molecule has 0 aromatic heterocycles. The minimum absolute atomic E-state index is 0.344. The van der Waals surface area contributed by atoms with Crippen molar-refractivity contribution in [1.82, 2.24) is 0 Å². The normalized spacial score (nSPS) is 20.5. The van der Waals surface area contributed by atoms with E-state index in [4.69, 9.17) is 4.99 Å². The van der Waals surface area contributed by atoms with E-state index in [9.17, 15) is 4.39 Å². The van der Waals surface area contributed by atoms with Crippen molar-refractivity contribution in [3.63, 3.8) is 0 Å². The summed E-state index contributed by atoms with van der Waals surface area (Å²) in [4.78, 5) is 4.70. The summed E-state index contributed by atoms with van der Waals surface area (Å²) in [7, 11) is 0. The highest BCUT2D eigenvalue weighted by atomic mass is 19.1. The van der Waals surface area contributed by atoms with E-state index < -0.39 is 6.17 Å². The topological polar surface area (TPSA) is 12.4 Å². The fourth-order valence-electron chi connectivity index (χ4n) is 3.35. The Morgan fingerprint density at radius 2 is 1.78 bits per heavy atom. The second-order valence-electron chi connectivity index (χ2n) is 7.66. The maximum absolute atomic E-state index is 13.4. The molecule has 0 unspecified atom stereocenters. The Morgan fingerprint density at radius 1 is 1.15 bits per heavy atom. The molecule has 0 atom stereocenters. The van der Waals surface area contributed by atoms with Crippen molar-refractivity contribution in [2.75, 3.05) is 0 Å². The van der Waals surface area contributed by atoms with Gasteiger partial charge in [-0.1, -0.05) is 54.6 Å². The highest BCUT2D eigenvalue weighted by Crippen LogP contribution is 2.34. The van der Waals surface area contributed by atoms with Gasteiger partial charge in [-0.3, -0.25) is 4.99 Å². The van der Waals surface area contributed by atoms with Gasteiger partial charge in [-0.05, 0) is 75.2 Å². The molecule has 1 nitrogen and oxygen atoms in total. The summed E-state index contributed by atoms with van der Waals surface area (Å²) in [6.07, 6.45) is 9.04. The summed E-state index contributed by atoms with van der Waals surface area (Å²) < 4.78 is 13.4. The number of hydrogen-bond acceptors (Lipinski definition) is 1. The van der Waals surface area contributed by atoms with E-state index in [-0.39, 0.29) is 0 Å². The van der Waals surface area contributed by atoms with Crippen LogP contribution in [0, 0.1) is 12.8 Å². The van der Waals surface area contributed by atoms with E-state index in [1.165, 1.54) is 11.1 Å². The molecule has 0 N–H and O–H groups in total. The lowest BCUT2D eigenvalue weighted by molar-refractivity contribution is 0.223. The SMILES string of the molecule is C=C/C(=C\C(N=CCc1ccc(C)cc1)=C(C)C)C(=C)C1CCC(F)CC1. The van der Waals surface area contributed by atoms with Crippen LogP contribution in [0.15, 0.2) is 77.0 Å². The van der Waals surface area contributed by atoms with Crippen LogP contribution >= 0.6 is 0 Å². The summed E-state index contributed by atoms with van der Waals surface area (Å²) >= 11 is 0. The number of benzene rings is 1. The van der Waals surface area contributed by atoms with Crippen LogP contribution in [0.5, 0.6) is 0 Å². The highest BCUT2D eigenvalue weighted by Gasteiger charge is 2.23. The zero-order chi connectivity index (χ0) is 19.8. The van der Waals surface area contributed by atoms with Gasteiger partial charge in [-0.2, -0.15) is 0 Å². The number of nitrogens with zero attached hydrogens (tertiary/aromatic N) is 1.